The highest BCUT2D eigenvalue weighted by Gasteiger charge is 2.16. The van der Waals surface area contributed by atoms with Crippen molar-refractivity contribution < 1.29 is 32.6 Å². The monoisotopic (exact) mass is 425 g/mol. The molecule has 4 aromatic rings. The zero-order chi connectivity index (χ0) is 22.0. The molecule has 158 valence electrons. The number of carboxylic acids is 1. The maximum atomic E-state index is 14.4. The van der Waals surface area contributed by atoms with Crippen molar-refractivity contribution in [3.8, 4) is 11.5 Å². The van der Waals surface area contributed by atoms with Crippen LogP contribution in [0.25, 0.3) is 21.9 Å². The second-order valence-corrected chi connectivity index (χ2v) is 6.54. The first-order valence-electron chi connectivity index (χ1n) is 9.14. The highest BCUT2D eigenvalue weighted by Crippen LogP contribution is 2.25. The molecule has 0 radical (unpaired) electrons. The molecule has 2 aromatic heterocycles. The van der Waals surface area contributed by atoms with Crippen molar-refractivity contribution in [2.75, 3.05) is 13.2 Å². The van der Waals surface area contributed by atoms with Crippen LogP contribution in [0.2, 0.25) is 0 Å². The molecule has 31 heavy (non-hydrogen) atoms. The van der Waals surface area contributed by atoms with Gasteiger partial charge in [-0.25, -0.2) is 9.18 Å². The number of aromatic carboxylic acids is 1. The second-order valence-electron chi connectivity index (χ2n) is 6.54. The largest absolute Gasteiger partial charge is 0.489 e. The predicted molar refractivity (Wildman–Crippen MR) is 108 cm³/mol. The fourth-order valence-electron chi connectivity index (χ4n) is 3.04. The number of alkyl halides is 1. The minimum absolute atomic E-state index is 0.00674. The molecule has 1 N–H and O–H groups in total. The van der Waals surface area contributed by atoms with E-state index in [2.05, 4.69) is 0 Å². The van der Waals surface area contributed by atoms with Gasteiger partial charge in [0, 0.05) is 12.1 Å². The van der Waals surface area contributed by atoms with Crippen LogP contribution >= 0.6 is 0 Å². The standard InChI is InChI=1S/C22H15FO8/c23-12(10-29-16-4-1-3-15-20(16)13(24)7-8-28-15)11-30-17-5-2-6-18-21(17)14(25)9-19(31-18)22(26)27/h1-9,12H,10-11H2,(H,26,27)/i23-1. The van der Waals surface area contributed by atoms with Crippen molar-refractivity contribution >= 4 is 27.9 Å². The molecule has 8 nitrogen and oxygen atoms in total. The number of rotatable bonds is 7. The van der Waals surface area contributed by atoms with Crippen LogP contribution in [0.15, 0.2) is 73.2 Å². The van der Waals surface area contributed by atoms with Crippen LogP contribution in [0.1, 0.15) is 10.6 Å². The molecule has 0 bridgehead atoms. The summed E-state index contributed by atoms with van der Waals surface area (Å²) in [4.78, 5) is 35.4. The van der Waals surface area contributed by atoms with E-state index in [0.29, 0.717) is 5.58 Å². The summed E-state index contributed by atoms with van der Waals surface area (Å²) in [7, 11) is 0. The van der Waals surface area contributed by atoms with Gasteiger partial charge in [-0.3, -0.25) is 9.59 Å². The minimum atomic E-state index is -1.59. The molecule has 2 heterocycles. The summed E-state index contributed by atoms with van der Waals surface area (Å²) in [6.07, 6.45) is -0.327. The second kappa shape index (κ2) is 8.31. The third kappa shape index (κ3) is 4.11. The molecule has 4 rings (SSSR count). The Bertz CT molecular complexity index is 1380. The average Bonchev–Trinajstić information content (AvgIpc) is 2.76. The summed E-state index contributed by atoms with van der Waals surface area (Å²) >= 11 is 0. The van der Waals surface area contributed by atoms with Gasteiger partial charge < -0.3 is 23.4 Å². The Morgan fingerprint density at radius 2 is 1.55 bits per heavy atom. The minimum Gasteiger partial charge on any atom is -0.489 e. The van der Waals surface area contributed by atoms with Crippen LogP contribution in [0.3, 0.4) is 0 Å². The number of carbonyl (C=O) groups is 1. The Labute approximate surface area is 173 Å². The van der Waals surface area contributed by atoms with Crippen LogP contribution in [0.4, 0.5) is 4.39 Å². The SMILES string of the molecule is O=C(O)c1cc(=O)c2c(OCC([18F])COc3cccc4occc(=O)c34)cccc2o1. The van der Waals surface area contributed by atoms with Crippen molar-refractivity contribution in [1.82, 2.24) is 0 Å². The molecular formula is C22H15FO8. The molecule has 0 saturated heterocycles. The third-order valence-electron chi connectivity index (χ3n) is 4.42. The number of fused-ring (bicyclic) bond motifs is 2. The fraction of sp³-hybridized carbons (Fsp3) is 0.136. The van der Waals surface area contributed by atoms with Crippen molar-refractivity contribution in [2.45, 2.75) is 6.17 Å². The van der Waals surface area contributed by atoms with E-state index in [4.69, 9.17) is 23.4 Å². The summed E-state index contributed by atoms with van der Waals surface area (Å²) in [6.45, 7) is -0.853. The van der Waals surface area contributed by atoms with E-state index < -0.39 is 36.5 Å². The first kappa shape index (κ1) is 20.1. The fourth-order valence-corrected chi connectivity index (χ4v) is 3.04. The molecular weight excluding hydrogens is 410 g/mol. The van der Waals surface area contributed by atoms with Gasteiger partial charge in [0.25, 0.3) is 0 Å². The van der Waals surface area contributed by atoms with Crippen LogP contribution in [-0.2, 0) is 0 Å². The van der Waals surface area contributed by atoms with Crippen molar-refractivity contribution in [2.24, 2.45) is 0 Å². The number of hydrogen-bond acceptors (Lipinski definition) is 7. The van der Waals surface area contributed by atoms with E-state index in [9.17, 15) is 18.8 Å². The molecule has 0 spiro atoms. The number of halogens is 1. The van der Waals surface area contributed by atoms with Crippen molar-refractivity contribution in [1.29, 1.82) is 0 Å². The third-order valence-corrected chi connectivity index (χ3v) is 4.42. The van der Waals surface area contributed by atoms with Gasteiger partial charge >= 0.3 is 5.97 Å². The van der Waals surface area contributed by atoms with Gasteiger partial charge in [0.2, 0.25) is 5.76 Å². The van der Waals surface area contributed by atoms with Gasteiger partial charge in [-0.05, 0) is 24.3 Å². The highest BCUT2D eigenvalue weighted by molar-refractivity contribution is 5.89. The maximum absolute atomic E-state index is 14.4. The summed E-state index contributed by atoms with van der Waals surface area (Å²) < 4.78 is 35.7. The number of ether oxygens (including phenoxy) is 2. The van der Waals surface area contributed by atoms with Gasteiger partial charge in [-0.15, -0.1) is 0 Å². The topological polar surface area (TPSA) is 116 Å². The van der Waals surface area contributed by atoms with Crippen LogP contribution < -0.4 is 20.3 Å². The molecule has 2 aromatic carbocycles. The van der Waals surface area contributed by atoms with E-state index in [1.54, 1.807) is 12.1 Å². The maximum Gasteiger partial charge on any atom is 0.371 e. The lowest BCUT2D eigenvalue weighted by Gasteiger charge is -2.13. The van der Waals surface area contributed by atoms with E-state index in [-0.39, 0.29) is 33.3 Å². The Kier molecular flexibility index (Phi) is 5.40. The lowest BCUT2D eigenvalue weighted by atomic mass is 10.2. The quantitative estimate of drug-likeness (QED) is 0.479. The lowest BCUT2D eigenvalue weighted by molar-refractivity contribution is 0.0663. The summed E-state index contributed by atoms with van der Waals surface area (Å²) in [5.74, 6) is -1.65. The van der Waals surface area contributed by atoms with Crippen molar-refractivity contribution in [3.63, 3.8) is 0 Å². The van der Waals surface area contributed by atoms with Gasteiger partial charge in [0.1, 0.15) is 46.7 Å². The smallest absolute Gasteiger partial charge is 0.371 e. The summed E-state index contributed by atoms with van der Waals surface area (Å²) in [5.41, 5.74) is -0.605. The first-order chi connectivity index (χ1) is 14.9. The Balaban J connectivity index is 1.48. The van der Waals surface area contributed by atoms with E-state index in [1.165, 1.54) is 36.6 Å². The Morgan fingerprint density at radius 1 is 0.935 bits per heavy atom. The predicted octanol–water partition coefficient (Wildman–Crippen LogP) is 3.39. The van der Waals surface area contributed by atoms with Crippen molar-refractivity contribution in [3.05, 3.63) is 81.0 Å². The molecule has 0 aliphatic rings. The lowest BCUT2D eigenvalue weighted by Crippen LogP contribution is -2.22. The van der Waals surface area contributed by atoms with Gasteiger partial charge in [-0.2, -0.15) is 0 Å². The zero-order valence-electron chi connectivity index (χ0n) is 15.9. The average molecular weight is 425 g/mol. The summed E-state index contributed by atoms with van der Waals surface area (Å²) in [6, 6.07) is 11.2. The van der Waals surface area contributed by atoms with E-state index >= 15 is 0 Å². The highest BCUT2D eigenvalue weighted by atomic mass is 18.2. The van der Waals surface area contributed by atoms with E-state index in [1.807, 2.05) is 0 Å². The first-order valence-corrected chi connectivity index (χ1v) is 9.14. The number of carboxylic acid groups (broad SMARTS) is 1. The van der Waals surface area contributed by atoms with Crippen LogP contribution in [0, 0.1) is 0 Å². The molecule has 1 unspecified atom stereocenters. The molecule has 1 atom stereocenters. The number of hydrogen-bond donors (Lipinski definition) is 1. The zero-order valence-corrected chi connectivity index (χ0v) is 15.9. The Morgan fingerprint density at radius 3 is 2.19 bits per heavy atom. The van der Waals surface area contributed by atoms with Gasteiger partial charge in [-0.1, -0.05) is 12.1 Å². The van der Waals surface area contributed by atoms with Crippen LogP contribution in [-0.4, -0.2) is 30.5 Å². The molecule has 0 amide bonds. The van der Waals surface area contributed by atoms with E-state index in [0.717, 1.165) is 6.07 Å². The van der Waals surface area contributed by atoms with Gasteiger partial charge in [0.05, 0.1) is 6.26 Å². The van der Waals surface area contributed by atoms with Gasteiger partial charge in [0.15, 0.2) is 17.0 Å². The summed E-state index contributed by atoms with van der Waals surface area (Å²) in [5, 5.41) is 9.21. The molecule has 9 heteroatoms. The Hall–Kier alpha value is -4.14. The molecule has 0 fully saturated rings. The van der Waals surface area contributed by atoms with Crippen LogP contribution in [0.5, 0.6) is 11.5 Å². The molecule has 0 aliphatic heterocycles. The molecule has 0 aliphatic carbocycles. The normalized spacial score (nSPS) is 12.0. The number of benzene rings is 2. The molecule has 0 saturated carbocycles.